The topological polar surface area (TPSA) is 108 Å². The highest BCUT2D eigenvalue weighted by Gasteiger charge is 2.35. The van der Waals surface area contributed by atoms with Crippen LogP contribution in [0.5, 0.6) is 0 Å². The van der Waals surface area contributed by atoms with Crippen molar-refractivity contribution in [1.29, 1.82) is 0 Å². The van der Waals surface area contributed by atoms with Crippen molar-refractivity contribution in [3.8, 4) is 0 Å². The van der Waals surface area contributed by atoms with Crippen LogP contribution in [0.15, 0.2) is 9.00 Å². The molecule has 106 valence electrons. The summed E-state index contributed by atoms with van der Waals surface area (Å²) in [6.45, 7) is 1.77. The van der Waals surface area contributed by atoms with Crippen molar-refractivity contribution < 1.29 is 18.3 Å². The Labute approximate surface area is 113 Å². The Balaban J connectivity index is 2.32. The Kier molecular flexibility index (Phi) is 3.79. The summed E-state index contributed by atoms with van der Waals surface area (Å²) in [5, 5.41) is 8.98. The molecule has 1 unspecified atom stereocenters. The van der Waals surface area contributed by atoms with Crippen molar-refractivity contribution >= 4 is 27.3 Å². The zero-order valence-corrected chi connectivity index (χ0v) is 11.9. The number of aromatic nitrogens is 1. The number of aryl methyl sites for hydroxylation is 1. The van der Waals surface area contributed by atoms with Crippen LogP contribution < -0.4 is 4.87 Å². The van der Waals surface area contributed by atoms with E-state index < -0.39 is 26.8 Å². The van der Waals surface area contributed by atoms with Crippen LogP contribution in [0, 0.1) is 12.8 Å². The van der Waals surface area contributed by atoms with E-state index in [0.29, 0.717) is 29.9 Å². The second-order valence-electron chi connectivity index (χ2n) is 4.47. The molecule has 0 amide bonds. The predicted molar refractivity (Wildman–Crippen MR) is 68.8 cm³/mol. The number of carboxylic acids is 1. The molecule has 0 bridgehead atoms. The Morgan fingerprint density at radius 3 is 2.74 bits per heavy atom. The molecule has 19 heavy (non-hydrogen) atoms. The van der Waals surface area contributed by atoms with Crippen LogP contribution in [0.4, 0.5) is 0 Å². The Morgan fingerprint density at radius 1 is 1.53 bits per heavy atom. The Hall–Kier alpha value is -1.19. The molecule has 2 N–H and O–H groups in total. The van der Waals surface area contributed by atoms with Crippen molar-refractivity contribution in [2.75, 3.05) is 13.1 Å². The number of H-pyrrole nitrogens is 1. The minimum absolute atomic E-state index is 0.0245. The molecule has 0 radical (unpaired) electrons. The van der Waals surface area contributed by atoms with Gasteiger partial charge in [-0.25, -0.2) is 8.42 Å². The number of rotatable bonds is 3. The van der Waals surface area contributed by atoms with E-state index in [4.69, 9.17) is 5.11 Å². The molecule has 2 rings (SSSR count). The number of aliphatic carboxylic acids is 1. The smallest absolute Gasteiger partial charge is 0.307 e. The van der Waals surface area contributed by atoms with Gasteiger partial charge in [0.25, 0.3) is 10.0 Å². The predicted octanol–water partition coefficient (Wildman–Crippen LogP) is 0.230. The maximum absolute atomic E-state index is 12.4. The van der Waals surface area contributed by atoms with Gasteiger partial charge in [-0.3, -0.25) is 9.59 Å². The lowest BCUT2D eigenvalue weighted by atomic mass is 10.0. The largest absolute Gasteiger partial charge is 0.481 e. The summed E-state index contributed by atoms with van der Waals surface area (Å²) in [5.74, 6) is -1.67. The van der Waals surface area contributed by atoms with Crippen LogP contribution in [0.1, 0.15) is 18.5 Å². The number of carbonyl (C=O) groups is 1. The van der Waals surface area contributed by atoms with Gasteiger partial charge in [0.15, 0.2) is 4.21 Å². The normalized spacial score (nSPS) is 21.4. The first-order chi connectivity index (χ1) is 8.82. The van der Waals surface area contributed by atoms with Crippen LogP contribution in [-0.2, 0) is 14.8 Å². The van der Waals surface area contributed by atoms with Crippen molar-refractivity contribution in [3.05, 3.63) is 15.4 Å². The molecule has 9 heteroatoms. The summed E-state index contributed by atoms with van der Waals surface area (Å²) in [7, 11) is -3.78. The zero-order chi connectivity index (χ0) is 14.2. The van der Waals surface area contributed by atoms with Crippen LogP contribution in [0.2, 0.25) is 0 Å². The van der Waals surface area contributed by atoms with E-state index in [1.807, 2.05) is 0 Å². The molecule has 1 aromatic rings. The monoisotopic (exact) mass is 306 g/mol. The number of thiazole rings is 1. The van der Waals surface area contributed by atoms with E-state index in [1.54, 1.807) is 0 Å². The molecule has 0 aromatic carbocycles. The van der Waals surface area contributed by atoms with Crippen molar-refractivity contribution in [2.45, 2.75) is 24.0 Å². The summed E-state index contributed by atoms with van der Waals surface area (Å²) >= 11 is 0.636. The van der Waals surface area contributed by atoms with Crippen molar-refractivity contribution in [2.24, 2.45) is 5.92 Å². The maximum Gasteiger partial charge on any atom is 0.307 e. The number of carboxylic acid groups (broad SMARTS) is 1. The van der Waals surface area contributed by atoms with E-state index in [0.717, 1.165) is 4.31 Å². The van der Waals surface area contributed by atoms with E-state index in [1.165, 1.54) is 6.92 Å². The lowest BCUT2D eigenvalue weighted by Crippen LogP contribution is -2.42. The highest BCUT2D eigenvalue weighted by Crippen LogP contribution is 2.26. The standard InChI is InChI=1S/C10H14N2O5S2/c1-6-9(18-10(15)11-6)19(16,17)12-4-2-3-7(5-12)8(13)14/h7H,2-5H2,1H3,(H,11,15)(H,13,14). The van der Waals surface area contributed by atoms with Gasteiger partial charge in [0.1, 0.15) is 0 Å². The fraction of sp³-hybridized carbons (Fsp3) is 0.600. The van der Waals surface area contributed by atoms with Gasteiger partial charge in [-0.15, -0.1) is 0 Å². The number of piperidine rings is 1. The van der Waals surface area contributed by atoms with Gasteiger partial charge in [0.05, 0.1) is 5.92 Å². The minimum atomic E-state index is -3.78. The molecule has 7 nitrogen and oxygen atoms in total. The molecule has 1 saturated heterocycles. The summed E-state index contributed by atoms with van der Waals surface area (Å²) in [5.41, 5.74) is 0.299. The quantitative estimate of drug-likeness (QED) is 0.831. The number of hydrogen-bond acceptors (Lipinski definition) is 5. The number of nitrogens with one attached hydrogen (secondary N) is 1. The lowest BCUT2D eigenvalue weighted by molar-refractivity contribution is -0.142. The van der Waals surface area contributed by atoms with Crippen molar-refractivity contribution in [3.63, 3.8) is 0 Å². The molecule has 1 aliphatic heterocycles. The number of aromatic amines is 1. The second kappa shape index (κ2) is 5.06. The third kappa shape index (κ3) is 2.72. The average molecular weight is 306 g/mol. The lowest BCUT2D eigenvalue weighted by Gasteiger charge is -2.29. The molecular formula is C10H14N2O5S2. The summed E-state index contributed by atoms with van der Waals surface area (Å²) < 4.78 is 25.9. The number of sulfonamides is 1. The molecule has 0 spiro atoms. The first kappa shape index (κ1) is 14.2. The number of hydrogen-bond donors (Lipinski definition) is 2. The molecule has 1 fully saturated rings. The highest BCUT2D eigenvalue weighted by molar-refractivity contribution is 7.91. The van der Waals surface area contributed by atoms with Gasteiger partial charge in [-0.05, 0) is 19.8 Å². The van der Waals surface area contributed by atoms with Crippen LogP contribution in [-0.4, -0.2) is 41.9 Å². The first-order valence-corrected chi connectivity index (χ1v) is 8.00. The number of nitrogens with zero attached hydrogens (tertiary/aromatic N) is 1. The zero-order valence-electron chi connectivity index (χ0n) is 10.2. The van der Waals surface area contributed by atoms with Gasteiger partial charge < -0.3 is 10.1 Å². The Bertz CT molecular complexity index is 645. The molecule has 0 aliphatic carbocycles. The summed E-state index contributed by atoms with van der Waals surface area (Å²) in [6, 6.07) is 0. The van der Waals surface area contributed by atoms with Crippen molar-refractivity contribution in [1.82, 2.24) is 9.29 Å². The van der Waals surface area contributed by atoms with Crippen LogP contribution >= 0.6 is 11.3 Å². The van der Waals surface area contributed by atoms with Crippen LogP contribution in [0.25, 0.3) is 0 Å². The molecule has 1 aromatic heterocycles. The second-order valence-corrected chi connectivity index (χ2v) is 7.58. The third-order valence-corrected chi connectivity index (χ3v) is 6.54. The Morgan fingerprint density at radius 2 is 2.21 bits per heavy atom. The molecule has 1 atom stereocenters. The first-order valence-electron chi connectivity index (χ1n) is 5.75. The average Bonchev–Trinajstić information content (AvgIpc) is 2.69. The van der Waals surface area contributed by atoms with Gasteiger partial charge in [0.2, 0.25) is 0 Å². The van der Waals surface area contributed by atoms with Gasteiger partial charge in [-0.1, -0.05) is 11.3 Å². The van der Waals surface area contributed by atoms with E-state index >= 15 is 0 Å². The summed E-state index contributed by atoms with van der Waals surface area (Å²) in [6.07, 6.45) is 0.984. The fourth-order valence-corrected chi connectivity index (χ4v) is 5.08. The van der Waals surface area contributed by atoms with Gasteiger partial charge in [-0.2, -0.15) is 4.31 Å². The van der Waals surface area contributed by atoms with Gasteiger partial charge in [0, 0.05) is 18.8 Å². The van der Waals surface area contributed by atoms with Gasteiger partial charge >= 0.3 is 10.8 Å². The maximum atomic E-state index is 12.4. The summed E-state index contributed by atoms with van der Waals surface area (Å²) in [4.78, 5) is 24.2. The highest BCUT2D eigenvalue weighted by atomic mass is 32.2. The molecular weight excluding hydrogens is 292 g/mol. The van der Waals surface area contributed by atoms with E-state index in [-0.39, 0.29) is 17.3 Å². The fourth-order valence-electron chi connectivity index (χ4n) is 2.12. The SMILES string of the molecule is Cc1[nH]c(=O)sc1S(=O)(=O)N1CCCC(C(=O)O)C1. The van der Waals surface area contributed by atoms with E-state index in [9.17, 15) is 18.0 Å². The minimum Gasteiger partial charge on any atom is -0.481 e. The van der Waals surface area contributed by atoms with E-state index in [2.05, 4.69) is 4.98 Å². The molecule has 0 saturated carbocycles. The van der Waals surface area contributed by atoms with Crippen LogP contribution in [0.3, 0.4) is 0 Å². The molecule has 1 aliphatic rings. The third-order valence-electron chi connectivity index (χ3n) is 3.09. The molecule has 2 heterocycles.